The molecule has 0 aliphatic carbocycles. The molecule has 0 aliphatic rings. The molecule has 0 heterocycles. The van der Waals surface area contributed by atoms with Crippen molar-refractivity contribution in [3.8, 4) is 0 Å². The summed E-state index contributed by atoms with van der Waals surface area (Å²) in [5, 5.41) is 7.64. The predicted octanol–water partition coefficient (Wildman–Crippen LogP) is 1.12. The Morgan fingerprint density at radius 1 is 1.31 bits per heavy atom. The van der Waals surface area contributed by atoms with E-state index in [1.807, 2.05) is 30.3 Å². The van der Waals surface area contributed by atoms with Crippen molar-refractivity contribution in [2.24, 2.45) is 21.8 Å². The molecule has 0 saturated heterocycles. The number of rotatable bonds is 3. The molecule has 0 atom stereocenters. The zero-order valence-corrected chi connectivity index (χ0v) is 9.22. The quantitative estimate of drug-likeness (QED) is 0.319. The number of halogens is 1. The number of nitrogens with zero attached hydrogens (tertiary/aromatic N) is 2. The molecular weight excluding hydrogens is 226 g/mol. The summed E-state index contributed by atoms with van der Waals surface area (Å²) in [6.45, 7) is 0. The summed E-state index contributed by atoms with van der Waals surface area (Å²) in [6.07, 6.45) is 5.16. The van der Waals surface area contributed by atoms with Crippen molar-refractivity contribution in [2.75, 3.05) is 0 Å². The van der Waals surface area contributed by atoms with Gasteiger partial charge in [-0.1, -0.05) is 29.8 Å². The summed E-state index contributed by atoms with van der Waals surface area (Å²) in [7, 11) is 0. The third-order valence-corrected chi connectivity index (χ3v) is 1.89. The van der Waals surface area contributed by atoms with Crippen LogP contribution in [0.15, 0.2) is 40.5 Å². The SMILES string of the molecule is NN=C(N)NN=CC=Cc1ccc(Cl)cc1. The van der Waals surface area contributed by atoms with Gasteiger partial charge in [-0.05, 0) is 23.8 Å². The van der Waals surface area contributed by atoms with Crippen LogP contribution in [0, 0.1) is 0 Å². The normalized spacial score (nSPS) is 12.4. The largest absolute Gasteiger partial charge is 0.367 e. The number of allylic oxidation sites excluding steroid dienone is 1. The van der Waals surface area contributed by atoms with Crippen molar-refractivity contribution in [2.45, 2.75) is 0 Å². The second-order valence-electron chi connectivity index (χ2n) is 2.81. The summed E-state index contributed by atoms with van der Waals surface area (Å²) in [5.41, 5.74) is 8.70. The van der Waals surface area contributed by atoms with Gasteiger partial charge < -0.3 is 11.6 Å². The lowest BCUT2D eigenvalue weighted by molar-refractivity contribution is 0.994. The Kier molecular flexibility index (Phi) is 4.88. The number of nitrogens with one attached hydrogen (secondary N) is 1. The van der Waals surface area contributed by atoms with Crippen LogP contribution in [0.25, 0.3) is 6.08 Å². The van der Waals surface area contributed by atoms with E-state index in [1.165, 1.54) is 6.21 Å². The van der Waals surface area contributed by atoms with Crippen LogP contribution in [0.1, 0.15) is 5.56 Å². The first-order valence-electron chi connectivity index (χ1n) is 4.47. The number of guanidine groups is 1. The second-order valence-corrected chi connectivity index (χ2v) is 3.25. The van der Waals surface area contributed by atoms with E-state index in [2.05, 4.69) is 15.6 Å². The summed E-state index contributed by atoms with van der Waals surface area (Å²) >= 11 is 5.75. The minimum atomic E-state index is 0.0520. The Morgan fingerprint density at radius 2 is 2.00 bits per heavy atom. The summed E-state index contributed by atoms with van der Waals surface area (Å²) < 4.78 is 0. The van der Waals surface area contributed by atoms with Crippen LogP contribution in [-0.4, -0.2) is 12.2 Å². The molecule has 1 rings (SSSR count). The topological polar surface area (TPSA) is 88.8 Å². The van der Waals surface area contributed by atoms with Crippen LogP contribution in [-0.2, 0) is 0 Å². The van der Waals surface area contributed by atoms with Gasteiger partial charge in [0.25, 0.3) is 0 Å². The lowest BCUT2D eigenvalue weighted by Crippen LogP contribution is -2.28. The molecule has 0 aromatic heterocycles. The lowest BCUT2D eigenvalue weighted by Gasteiger charge is -1.93. The molecule has 1 aromatic carbocycles. The van der Waals surface area contributed by atoms with E-state index in [4.69, 9.17) is 23.2 Å². The lowest BCUT2D eigenvalue weighted by atomic mass is 10.2. The first kappa shape index (κ1) is 12.1. The third kappa shape index (κ3) is 4.47. The molecule has 6 heteroatoms. The van der Waals surface area contributed by atoms with Gasteiger partial charge in [0, 0.05) is 11.2 Å². The number of nitrogens with two attached hydrogens (primary N) is 2. The van der Waals surface area contributed by atoms with Crippen molar-refractivity contribution in [3.05, 3.63) is 40.9 Å². The van der Waals surface area contributed by atoms with E-state index in [-0.39, 0.29) is 5.96 Å². The molecular formula is C10H12ClN5. The van der Waals surface area contributed by atoms with Crippen LogP contribution in [0.5, 0.6) is 0 Å². The maximum atomic E-state index is 5.75. The van der Waals surface area contributed by atoms with Gasteiger partial charge in [0.1, 0.15) is 0 Å². The van der Waals surface area contributed by atoms with Gasteiger partial charge >= 0.3 is 0 Å². The molecule has 0 spiro atoms. The van der Waals surface area contributed by atoms with Crippen LogP contribution < -0.4 is 17.0 Å². The van der Waals surface area contributed by atoms with Crippen LogP contribution in [0.4, 0.5) is 0 Å². The number of benzene rings is 1. The summed E-state index contributed by atoms with van der Waals surface area (Å²) in [4.78, 5) is 0. The van der Waals surface area contributed by atoms with Gasteiger partial charge in [0.15, 0.2) is 0 Å². The fraction of sp³-hybridized carbons (Fsp3) is 0. The molecule has 0 fully saturated rings. The minimum absolute atomic E-state index is 0.0520. The molecule has 84 valence electrons. The van der Waals surface area contributed by atoms with E-state index >= 15 is 0 Å². The van der Waals surface area contributed by atoms with Crippen LogP contribution in [0.3, 0.4) is 0 Å². The second kappa shape index (κ2) is 6.47. The number of hydrogen-bond donors (Lipinski definition) is 3. The van der Waals surface area contributed by atoms with Crippen molar-refractivity contribution in [1.82, 2.24) is 5.43 Å². The van der Waals surface area contributed by atoms with Gasteiger partial charge in [0.2, 0.25) is 5.96 Å². The predicted molar refractivity (Wildman–Crippen MR) is 67.9 cm³/mol. The fourth-order valence-electron chi connectivity index (χ4n) is 0.903. The van der Waals surface area contributed by atoms with Gasteiger partial charge in [0.05, 0.1) is 0 Å². The van der Waals surface area contributed by atoms with E-state index in [0.717, 1.165) is 5.56 Å². The molecule has 5 nitrogen and oxygen atoms in total. The smallest absolute Gasteiger partial charge is 0.231 e. The van der Waals surface area contributed by atoms with Crippen molar-refractivity contribution in [1.29, 1.82) is 0 Å². The first-order chi connectivity index (χ1) is 7.72. The Bertz CT molecular complexity index is 408. The Balaban J connectivity index is 2.46. The zero-order chi connectivity index (χ0) is 11.8. The van der Waals surface area contributed by atoms with E-state index in [0.29, 0.717) is 5.02 Å². The third-order valence-electron chi connectivity index (χ3n) is 1.64. The van der Waals surface area contributed by atoms with Gasteiger partial charge in [-0.2, -0.15) is 5.10 Å². The molecule has 0 unspecified atom stereocenters. The summed E-state index contributed by atoms with van der Waals surface area (Å²) in [5.74, 6) is 4.94. The molecule has 0 bridgehead atoms. The standard InChI is InChI=1S/C10H12ClN5/c11-9-5-3-8(4-6-9)2-1-7-14-16-10(12)15-13/h1-7H,13H2,(H3,12,15,16). The number of hydrazone groups is 2. The van der Waals surface area contributed by atoms with Crippen LogP contribution in [0.2, 0.25) is 5.02 Å². The minimum Gasteiger partial charge on any atom is -0.367 e. The molecule has 0 radical (unpaired) electrons. The maximum absolute atomic E-state index is 5.75. The Hall–Kier alpha value is -2.01. The Morgan fingerprint density at radius 3 is 2.62 bits per heavy atom. The molecule has 1 aromatic rings. The first-order valence-corrected chi connectivity index (χ1v) is 4.85. The van der Waals surface area contributed by atoms with Crippen molar-refractivity contribution < 1.29 is 0 Å². The van der Waals surface area contributed by atoms with Gasteiger partial charge in [-0.25, -0.2) is 5.43 Å². The Labute approximate surface area is 98.5 Å². The molecule has 16 heavy (non-hydrogen) atoms. The van der Waals surface area contributed by atoms with E-state index in [1.54, 1.807) is 6.08 Å². The van der Waals surface area contributed by atoms with E-state index in [9.17, 15) is 0 Å². The highest BCUT2D eigenvalue weighted by molar-refractivity contribution is 6.30. The van der Waals surface area contributed by atoms with Crippen LogP contribution >= 0.6 is 11.6 Å². The highest BCUT2D eigenvalue weighted by Gasteiger charge is 1.86. The maximum Gasteiger partial charge on any atom is 0.231 e. The highest BCUT2D eigenvalue weighted by atomic mass is 35.5. The van der Waals surface area contributed by atoms with Gasteiger partial charge in [-0.15, -0.1) is 5.10 Å². The molecule has 5 N–H and O–H groups in total. The average Bonchev–Trinajstić information content (AvgIpc) is 2.31. The average molecular weight is 238 g/mol. The van der Waals surface area contributed by atoms with E-state index < -0.39 is 0 Å². The zero-order valence-electron chi connectivity index (χ0n) is 8.47. The highest BCUT2D eigenvalue weighted by Crippen LogP contribution is 2.10. The fourth-order valence-corrected chi connectivity index (χ4v) is 1.03. The van der Waals surface area contributed by atoms with Gasteiger partial charge in [-0.3, -0.25) is 0 Å². The molecule has 0 saturated carbocycles. The van der Waals surface area contributed by atoms with Crippen molar-refractivity contribution in [3.63, 3.8) is 0 Å². The monoisotopic (exact) mass is 237 g/mol. The molecule has 0 amide bonds. The van der Waals surface area contributed by atoms with Crippen molar-refractivity contribution >= 4 is 29.9 Å². The molecule has 0 aliphatic heterocycles. The number of hydrogen-bond acceptors (Lipinski definition) is 3. The summed E-state index contributed by atoms with van der Waals surface area (Å²) in [6, 6.07) is 7.43.